The molecule has 0 heterocycles. The third-order valence-electron chi connectivity index (χ3n) is 1.79. The molecular formula is C10H11N3O2S. The summed E-state index contributed by atoms with van der Waals surface area (Å²) in [6.07, 6.45) is 1.41. The summed E-state index contributed by atoms with van der Waals surface area (Å²) in [5, 5.41) is 15.8. The fraction of sp³-hybridized carbons (Fsp3) is 0.100. The zero-order chi connectivity index (χ0) is 12.0. The van der Waals surface area contributed by atoms with Crippen LogP contribution in [0.3, 0.4) is 0 Å². The summed E-state index contributed by atoms with van der Waals surface area (Å²) in [6.45, 7) is 0. The SMILES string of the molecule is CNC(=S)N/N=C\c1ccccc1C(=O)O. The predicted molar refractivity (Wildman–Crippen MR) is 65.8 cm³/mol. The van der Waals surface area contributed by atoms with E-state index in [1.165, 1.54) is 12.3 Å². The van der Waals surface area contributed by atoms with Crippen LogP contribution < -0.4 is 10.7 Å². The van der Waals surface area contributed by atoms with Crippen LogP contribution in [-0.4, -0.2) is 29.5 Å². The van der Waals surface area contributed by atoms with Gasteiger partial charge in [-0.1, -0.05) is 18.2 Å². The highest BCUT2D eigenvalue weighted by Crippen LogP contribution is 2.05. The van der Waals surface area contributed by atoms with Crippen molar-refractivity contribution in [3.63, 3.8) is 0 Å². The molecule has 6 heteroatoms. The highest BCUT2D eigenvalue weighted by Gasteiger charge is 2.06. The predicted octanol–water partition coefficient (Wildman–Crippen LogP) is 0.813. The largest absolute Gasteiger partial charge is 0.478 e. The lowest BCUT2D eigenvalue weighted by atomic mass is 10.1. The van der Waals surface area contributed by atoms with Gasteiger partial charge in [-0.25, -0.2) is 4.79 Å². The van der Waals surface area contributed by atoms with E-state index in [2.05, 4.69) is 15.8 Å². The van der Waals surface area contributed by atoms with Crippen molar-refractivity contribution in [3.8, 4) is 0 Å². The first-order valence-electron chi connectivity index (χ1n) is 4.48. The number of nitrogens with zero attached hydrogens (tertiary/aromatic N) is 1. The number of thiocarbonyl (C=S) groups is 1. The molecule has 0 bridgehead atoms. The van der Waals surface area contributed by atoms with Crippen molar-refractivity contribution in [3.05, 3.63) is 35.4 Å². The Kier molecular flexibility index (Phi) is 4.41. The van der Waals surface area contributed by atoms with Crippen LogP contribution in [0.15, 0.2) is 29.4 Å². The van der Waals surface area contributed by atoms with Crippen LogP contribution in [0, 0.1) is 0 Å². The Hall–Kier alpha value is -1.95. The highest BCUT2D eigenvalue weighted by atomic mass is 32.1. The van der Waals surface area contributed by atoms with E-state index in [0.29, 0.717) is 10.7 Å². The van der Waals surface area contributed by atoms with E-state index in [4.69, 9.17) is 17.3 Å². The minimum absolute atomic E-state index is 0.198. The van der Waals surface area contributed by atoms with Crippen molar-refractivity contribution in [2.75, 3.05) is 7.05 Å². The summed E-state index contributed by atoms with van der Waals surface area (Å²) >= 11 is 4.80. The van der Waals surface area contributed by atoms with Crippen molar-refractivity contribution < 1.29 is 9.90 Å². The van der Waals surface area contributed by atoms with Crippen LogP contribution in [-0.2, 0) is 0 Å². The zero-order valence-electron chi connectivity index (χ0n) is 8.60. The van der Waals surface area contributed by atoms with Gasteiger partial charge in [-0.05, 0) is 18.3 Å². The summed E-state index contributed by atoms with van der Waals surface area (Å²) < 4.78 is 0. The van der Waals surface area contributed by atoms with Crippen molar-refractivity contribution >= 4 is 29.5 Å². The minimum Gasteiger partial charge on any atom is -0.478 e. The Morgan fingerprint density at radius 3 is 2.81 bits per heavy atom. The molecule has 1 aromatic rings. The summed E-state index contributed by atoms with van der Waals surface area (Å²) in [7, 11) is 1.66. The van der Waals surface area contributed by atoms with Gasteiger partial charge < -0.3 is 10.4 Å². The molecule has 0 aliphatic heterocycles. The summed E-state index contributed by atoms with van der Waals surface area (Å²) in [4.78, 5) is 10.9. The van der Waals surface area contributed by atoms with Gasteiger partial charge in [0, 0.05) is 12.6 Å². The lowest BCUT2D eigenvalue weighted by Crippen LogP contribution is -2.28. The minimum atomic E-state index is -0.988. The second-order valence-corrected chi connectivity index (χ2v) is 3.25. The van der Waals surface area contributed by atoms with Gasteiger partial charge in [0.25, 0.3) is 0 Å². The molecule has 0 unspecified atom stereocenters. The maximum absolute atomic E-state index is 10.9. The van der Waals surface area contributed by atoms with Gasteiger partial charge >= 0.3 is 5.97 Å². The average Bonchev–Trinajstić information content (AvgIpc) is 2.29. The number of aromatic carboxylic acids is 1. The maximum Gasteiger partial charge on any atom is 0.336 e. The van der Waals surface area contributed by atoms with Crippen molar-refractivity contribution in [1.29, 1.82) is 0 Å². The van der Waals surface area contributed by atoms with E-state index in [1.807, 2.05) is 0 Å². The van der Waals surface area contributed by atoms with Gasteiger partial charge in [0.1, 0.15) is 0 Å². The van der Waals surface area contributed by atoms with Gasteiger partial charge in [0.05, 0.1) is 11.8 Å². The van der Waals surface area contributed by atoms with Gasteiger partial charge in [-0.3, -0.25) is 5.43 Å². The zero-order valence-corrected chi connectivity index (χ0v) is 9.41. The number of hydrazone groups is 1. The Balaban J connectivity index is 2.80. The first-order valence-corrected chi connectivity index (χ1v) is 4.89. The number of benzene rings is 1. The van der Waals surface area contributed by atoms with E-state index in [-0.39, 0.29) is 5.56 Å². The smallest absolute Gasteiger partial charge is 0.336 e. The van der Waals surface area contributed by atoms with Crippen LogP contribution in [0.5, 0.6) is 0 Å². The molecule has 16 heavy (non-hydrogen) atoms. The number of rotatable bonds is 3. The average molecular weight is 237 g/mol. The highest BCUT2D eigenvalue weighted by molar-refractivity contribution is 7.80. The van der Waals surface area contributed by atoms with E-state index in [9.17, 15) is 4.79 Å². The van der Waals surface area contributed by atoms with Crippen molar-refractivity contribution in [2.24, 2.45) is 5.10 Å². The van der Waals surface area contributed by atoms with Gasteiger partial charge in [0.2, 0.25) is 0 Å². The molecule has 0 spiro atoms. The molecule has 0 atom stereocenters. The lowest BCUT2D eigenvalue weighted by molar-refractivity contribution is 0.0697. The van der Waals surface area contributed by atoms with E-state index < -0.39 is 5.97 Å². The third kappa shape index (κ3) is 3.32. The molecule has 1 aromatic carbocycles. The monoisotopic (exact) mass is 237 g/mol. The summed E-state index contributed by atoms with van der Waals surface area (Å²) in [5.41, 5.74) is 3.26. The number of carboxylic acids is 1. The molecule has 5 nitrogen and oxygen atoms in total. The molecule has 3 N–H and O–H groups in total. The first kappa shape index (κ1) is 12.1. The normalized spacial score (nSPS) is 10.1. The molecule has 84 valence electrons. The fourth-order valence-corrected chi connectivity index (χ4v) is 1.07. The number of carbonyl (C=O) groups is 1. The Bertz CT molecular complexity index is 432. The second-order valence-electron chi connectivity index (χ2n) is 2.84. The van der Waals surface area contributed by atoms with Crippen molar-refractivity contribution in [2.45, 2.75) is 0 Å². The van der Waals surface area contributed by atoms with E-state index in [0.717, 1.165) is 0 Å². The number of hydrogen-bond acceptors (Lipinski definition) is 3. The van der Waals surface area contributed by atoms with Crippen LogP contribution in [0.4, 0.5) is 0 Å². The van der Waals surface area contributed by atoms with Crippen LogP contribution in [0.2, 0.25) is 0 Å². The number of carboxylic acid groups (broad SMARTS) is 1. The molecule has 0 radical (unpaired) electrons. The number of nitrogens with one attached hydrogen (secondary N) is 2. The molecule has 0 saturated carbocycles. The summed E-state index contributed by atoms with van der Waals surface area (Å²) in [5.74, 6) is -0.988. The molecule has 1 rings (SSSR count). The van der Waals surface area contributed by atoms with Gasteiger partial charge in [-0.15, -0.1) is 0 Å². The van der Waals surface area contributed by atoms with Crippen molar-refractivity contribution in [1.82, 2.24) is 10.7 Å². The second kappa shape index (κ2) is 5.82. The van der Waals surface area contributed by atoms with Crippen LogP contribution >= 0.6 is 12.2 Å². The Morgan fingerprint density at radius 1 is 1.50 bits per heavy atom. The molecular weight excluding hydrogens is 226 g/mol. The standard InChI is InChI=1S/C10H11N3O2S/c1-11-10(16)13-12-6-7-4-2-3-5-8(7)9(14)15/h2-6H,1H3,(H,14,15)(H2,11,13,16)/b12-6-. The first-order chi connectivity index (χ1) is 7.65. The molecule has 0 saturated heterocycles. The summed E-state index contributed by atoms with van der Waals surface area (Å²) in [6, 6.07) is 6.58. The maximum atomic E-state index is 10.9. The van der Waals surface area contributed by atoms with E-state index >= 15 is 0 Å². The number of hydrogen-bond donors (Lipinski definition) is 3. The molecule has 0 fully saturated rings. The van der Waals surface area contributed by atoms with Crippen LogP contribution in [0.25, 0.3) is 0 Å². The lowest BCUT2D eigenvalue weighted by Gasteiger charge is -2.01. The molecule has 0 aliphatic carbocycles. The van der Waals surface area contributed by atoms with Gasteiger partial charge in [-0.2, -0.15) is 5.10 Å². The molecule has 0 aromatic heterocycles. The van der Waals surface area contributed by atoms with E-state index in [1.54, 1.807) is 25.2 Å². The fourth-order valence-electron chi connectivity index (χ4n) is 1.02. The Labute approximate surface area is 98.2 Å². The third-order valence-corrected chi connectivity index (χ3v) is 2.08. The Morgan fingerprint density at radius 2 is 2.19 bits per heavy atom. The quantitative estimate of drug-likeness (QED) is 0.412. The van der Waals surface area contributed by atoms with Crippen LogP contribution in [0.1, 0.15) is 15.9 Å². The van der Waals surface area contributed by atoms with Gasteiger partial charge in [0.15, 0.2) is 5.11 Å². The molecule has 0 amide bonds. The topological polar surface area (TPSA) is 73.7 Å². The molecule has 0 aliphatic rings.